The van der Waals surface area contributed by atoms with Gasteiger partial charge in [-0.2, -0.15) is 0 Å². The fourth-order valence-corrected chi connectivity index (χ4v) is 1.05. The van der Waals surface area contributed by atoms with Crippen LogP contribution in [0.3, 0.4) is 0 Å². The lowest BCUT2D eigenvalue weighted by molar-refractivity contribution is -0.138. The van der Waals surface area contributed by atoms with Crippen LogP contribution in [0.25, 0.3) is 0 Å². The molecule has 1 unspecified atom stereocenters. The largest absolute Gasteiger partial charge is 0.426 e. The minimum Gasteiger partial charge on any atom is -0.426 e. The van der Waals surface area contributed by atoms with E-state index in [-0.39, 0.29) is 18.5 Å². The highest BCUT2D eigenvalue weighted by atomic mass is 16.5. The molecule has 1 aromatic carbocycles. The van der Waals surface area contributed by atoms with E-state index in [4.69, 9.17) is 9.84 Å². The van der Waals surface area contributed by atoms with E-state index < -0.39 is 0 Å². The van der Waals surface area contributed by atoms with Crippen molar-refractivity contribution < 1.29 is 14.6 Å². The zero-order valence-electron chi connectivity index (χ0n) is 9.06. The highest BCUT2D eigenvalue weighted by molar-refractivity contribution is 5.74. The van der Waals surface area contributed by atoms with Crippen molar-refractivity contribution in [2.45, 2.75) is 26.9 Å². The van der Waals surface area contributed by atoms with Crippen LogP contribution in [-0.2, 0) is 11.4 Å². The van der Waals surface area contributed by atoms with Crippen molar-refractivity contribution in [3.63, 3.8) is 0 Å². The number of hydrogen-bond donors (Lipinski definition) is 1. The van der Waals surface area contributed by atoms with Gasteiger partial charge in [-0.05, 0) is 24.1 Å². The number of carbonyl (C=O) groups excluding carboxylic acids is 1. The Morgan fingerprint density at radius 2 is 2.00 bits per heavy atom. The van der Waals surface area contributed by atoms with E-state index in [0.717, 1.165) is 12.0 Å². The summed E-state index contributed by atoms with van der Waals surface area (Å²) in [6.07, 6.45) is 0.771. The molecule has 1 atom stereocenters. The summed E-state index contributed by atoms with van der Waals surface area (Å²) in [4.78, 5) is 11.4. The fraction of sp³-hybridized carbons (Fsp3) is 0.417. The van der Waals surface area contributed by atoms with Crippen LogP contribution < -0.4 is 4.74 Å². The Morgan fingerprint density at radius 3 is 2.47 bits per heavy atom. The van der Waals surface area contributed by atoms with Crippen LogP contribution in [0.5, 0.6) is 5.75 Å². The SMILES string of the molecule is CCC(C)C(=O)Oc1ccc(CO)cc1. The van der Waals surface area contributed by atoms with E-state index in [1.54, 1.807) is 24.3 Å². The van der Waals surface area contributed by atoms with Crippen LogP contribution in [0.2, 0.25) is 0 Å². The number of carbonyl (C=O) groups is 1. The van der Waals surface area contributed by atoms with Crippen LogP contribution in [0.1, 0.15) is 25.8 Å². The number of rotatable bonds is 4. The first-order valence-corrected chi connectivity index (χ1v) is 5.08. The summed E-state index contributed by atoms with van der Waals surface area (Å²) in [5.74, 6) is 0.231. The first kappa shape index (κ1) is 11.7. The van der Waals surface area contributed by atoms with Gasteiger partial charge in [0.15, 0.2) is 0 Å². The molecule has 0 heterocycles. The molecule has 0 aliphatic carbocycles. The van der Waals surface area contributed by atoms with Crippen molar-refractivity contribution in [2.24, 2.45) is 5.92 Å². The van der Waals surface area contributed by atoms with Crippen molar-refractivity contribution in [2.75, 3.05) is 0 Å². The standard InChI is InChI=1S/C12H16O3/c1-3-9(2)12(14)15-11-6-4-10(8-13)5-7-11/h4-7,9,13H,3,8H2,1-2H3. The number of hydrogen-bond acceptors (Lipinski definition) is 3. The minimum atomic E-state index is -0.214. The summed E-state index contributed by atoms with van der Waals surface area (Å²) in [5.41, 5.74) is 0.804. The van der Waals surface area contributed by atoms with E-state index in [9.17, 15) is 4.79 Å². The van der Waals surface area contributed by atoms with Crippen molar-refractivity contribution >= 4 is 5.97 Å². The van der Waals surface area contributed by atoms with Crippen molar-refractivity contribution in [3.8, 4) is 5.75 Å². The summed E-state index contributed by atoms with van der Waals surface area (Å²) in [6.45, 7) is 3.78. The zero-order valence-corrected chi connectivity index (χ0v) is 9.06. The number of aliphatic hydroxyl groups excluding tert-OH is 1. The van der Waals surface area contributed by atoms with E-state index >= 15 is 0 Å². The van der Waals surface area contributed by atoms with Gasteiger partial charge >= 0.3 is 5.97 Å². The van der Waals surface area contributed by atoms with Gasteiger partial charge in [-0.15, -0.1) is 0 Å². The van der Waals surface area contributed by atoms with Crippen LogP contribution in [0.4, 0.5) is 0 Å². The summed E-state index contributed by atoms with van der Waals surface area (Å²) >= 11 is 0. The smallest absolute Gasteiger partial charge is 0.314 e. The molecule has 0 aromatic heterocycles. The number of esters is 1. The van der Waals surface area contributed by atoms with Crippen molar-refractivity contribution in [3.05, 3.63) is 29.8 Å². The molecule has 0 saturated heterocycles. The number of benzene rings is 1. The zero-order chi connectivity index (χ0) is 11.3. The van der Waals surface area contributed by atoms with Gasteiger partial charge in [0.1, 0.15) is 5.75 Å². The monoisotopic (exact) mass is 208 g/mol. The average Bonchev–Trinajstić information content (AvgIpc) is 2.29. The van der Waals surface area contributed by atoms with Gasteiger partial charge in [0.05, 0.1) is 12.5 Å². The third-order valence-electron chi connectivity index (χ3n) is 2.34. The van der Waals surface area contributed by atoms with Gasteiger partial charge in [0.2, 0.25) is 0 Å². The maximum absolute atomic E-state index is 11.4. The molecule has 3 heteroatoms. The Bertz CT molecular complexity index is 316. The minimum absolute atomic E-state index is 0.000408. The molecule has 0 bridgehead atoms. The Hall–Kier alpha value is -1.35. The maximum Gasteiger partial charge on any atom is 0.314 e. The van der Waals surface area contributed by atoms with Crippen molar-refractivity contribution in [1.29, 1.82) is 0 Å². The molecule has 0 saturated carbocycles. The molecule has 0 radical (unpaired) electrons. The van der Waals surface area contributed by atoms with E-state index in [0.29, 0.717) is 5.75 Å². The molecule has 0 aliphatic heterocycles. The van der Waals surface area contributed by atoms with E-state index in [1.165, 1.54) is 0 Å². The Morgan fingerprint density at radius 1 is 1.40 bits per heavy atom. The molecular weight excluding hydrogens is 192 g/mol. The molecule has 1 rings (SSSR count). The predicted molar refractivity (Wildman–Crippen MR) is 57.5 cm³/mol. The summed E-state index contributed by atoms with van der Waals surface area (Å²) < 4.78 is 5.15. The third kappa shape index (κ3) is 3.36. The maximum atomic E-state index is 11.4. The molecule has 0 spiro atoms. The van der Waals surface area contributed by atoms with Gasteiger partial charge in [-0.3, -0.25) is 4.79 Å². The van der Waals surface area contributed by atoms with Gasteiger partial charge in [0.25, 0.3) is 0 Å². The average molecular weight is 208 g/mol. The van der Waals surface area contributed by atoms with Crippen LogP contribution in [-0.4, -0.2) is 11.1 Å². The van der Waals surface area contributed by atoms with Gasteiger partial charge in [-0.1, -0.05) is 26.0 Å². The summed E-state index contributed by atoms with van der Waals surface area (Å²) in [6, 6.07) is 6.84. The molecular formula is C12H16O3. The Kier molecular flexibility index (Phi) is 4.31. The molecule has 15 heavy (non-hydrogen) atoms. The summed E-state index contributed by atoms with van der Waals surface area (Å²) in [7, 11) is 0. The van der Waals surface area contributed by atoms with Crippen molar-refractivity contribution in [1.82, 2.24) is 0 Å². The topological polar surface area (TPSA) is 46.5 Å². The lowest BCUT2D eigenvalue weighted by atomic mass is 10.1. The van der Waals surface area contributed by atoms with Crippen LogP contribution >= 0.6 is 0 Å². The lowest BCUT2D eigenvalue weighted by Gasteiger charge is -2.08. The highest BCUT2D eigenvalue weighted by Crippen LogP contribution is 2.14. The first-order chi connectivity index (χ1) is 7.17. The molecule has 82 valence electrons. The molecule has 0 fully saturated rings. The Balaban J connectivity index is 2.61. The second-order valence-corrected chi connectivity index (χ2v) is 3.53. The normalized spacial score (nSPS) is 12.2. The predicted octanol–water partition coefficient (Wildman–Crippen LogP) is 2.13. The summed E-state index contributed by atoms with van der Waals surface area (Å²) in [5, 5.41) is 8.83. The second-order valence-electron chi connectivity index (χ2n) is 3.53. The molecule has 1 aromatic rings. The first-order valence-electron chi connectivity index (χ1n) is 5.08. The second kappa shape index (κ2) is 5.51. The quantitative estimate of drug-likeness (QED) is 0.609. The molecule has 3 nitrogen and oxygen atoms in total. The molecule has 0 aliphatic rings. The fourth-order valence-electron chi connectivity index (χ4n) is 1.05. The van der Waals surface area contributed by atoms with E-state index in [2.05, 4.69) is 0 Å². The van der Waals surface area contributed by atoms with Crippen LogP contribution in [0.15, 0.2) is 24.3 Å². The number of ether oxygens (including phenoxy) is 1. The molecule has 0 amide bonds. The Labute approximate surface area is 89.7 Å². The van der Waals surface area contributed by atoms with Gasteiger partial charge in [0, 0.05) is 0 Å². The van der Waals surface area contributed by atoms with E-state index in [1.807, 2.05) is 13.8 Å². The lowest BCUT2D eigenvalue weighted by Crippen LogP contribution is -2.16. The van der Waals surface area contributed by atoms with Gasteiger partial charge < -0.3 is 9.84 Å². The van der Waals surface area contributed by atoms with Crippen LogP contribution in [0, 0.1) is 5.92 Å². The molecule has 1 N–H and O–H groups in total. The van der Waals surface area contributed by atoms with Gasteiger partial charge in [-0.25, -0.2) is 0 Å². The third-order valence-corrected chi connectivity index (χ3v) is 2.34. The highest BCUT2D eigenvalue weighted by Gasteiger charge is 2.12. The number of aliphatic hydroxyl groups is 1.